The zero-order valence-corrected chi connectivity index (χ0v) is 6.27. The minimum atomic E-state index is 0.319. The number of hydrogen-bond donors (Lipinski definition) is 1. The molecule has 2 nitrogen and oxygen atoms in total. The zero-order valence-electron chi connectivity index (χ0n) is 6.27. The van der Waals surface area contributed by atoms with Crippen molar-refractivity contribution in [1.82, 2.24) is 4.98 Å². The summed E-state index contributed by atoms with van der Waals surface area (Å²) >= 11 is 0. The molecule has 0 bridgehead atoms. The minimum absolute atomic E-state index is 0.319. The van der Waals surface area contributed by atoms with Crippen molar-refractivity contribution in [3.05, 3.63) is 30.1 Å². The quantitative estimate of drug-likeness (QED) is 0.684. The van der Waals surface area contributed by atoms with E-state index in [9.17, 15) is 0 Å². The number of aliphatic hydroxyl groups excluding tert-OH is 1. The van der Waals surface area contributed by atoms with Crippen molar-refractivity contribution in [2.75, 3.05) is 6.61 Å². The lowest BCUT2D eigenvalue weighted by Crippen LogP contribution is -1.88. The van der Waals surface area contributed by atoms with Crippen molar-refractivity contribution in [2.45, 2.75) is 12.3 Å². The molecule has 1 aromatic rings. The maximum absolute atomic E-state index is 8.82. The van der Waals surface area contributed by atoms with E-state index < -0.39 is 0 Å². The highest BCUT2D eigenvalue weighted by molar-refractivity contribution is 5.21. The van der Waals surface area contributed by atoms with E-state index in [1.54, 1.807) is 6.20 Å². The molecular formula is C9H11NO. The van der Waals surface area contributed by atoms with Gasteiger partial charge in [0, 0.05) is 19.0 Å². The summed E-state index contributed by atoms with van der Waals surface area (Å²) in [4.78, 5) is 4.03. The fourth-order valence-electron chi connectivity index (χ4n) is 1.45. The number of aliphatic hydroxyl groups is 1. The van der Waals surface area contributed by atoms with Crippen molar-refractivity contribution in [2.24, 2.45) is 5.92 Å². The van der Waals surface area contributed by atoms with E-state index in [1.807, 2.05) is 12.3 Å². The summed E-state index contributed by atoms with van der Waals surface area (Å²) in [6.07, 6.45) is 4.79. The third-order valence-electron chi connectivity index (χ3n) is 2.27. The molecule has 1 aliphatic carbocycles. The zero-order chi connectivity index (χ0) is 7.68. The molecule has 1 fully saturated rings. The van der Waals surface area contributed by atoms with Gasteiger partial charge in [-0.25, -0.2) is 0 Å². The molecule has 0 saturated heterocycles. The summed E-state index contributed by atoms with van der Waals surface area (Å²) in [7, 11) is 0. The van der Waals surface area contributed by atoms with Gasteiger partial charge in [-0.15, -0.1) is 0 Å². The van der Waals surface area contributed by atoms with Gasteiger partial charge in [-0.3, -0.25) is 4.98 Å². The Kier molecular flexibility index (Phi) is 1.62. The molecule has 58 valence electrons. The molecule has 0 amide bonds. The van der Waals surface area contributed by atoms with Crippen LogP contribution in [0.5, 0.6) is 0 Å². The highest BCUT2D eigenvalue weighted by Crippen LogP contribution is 2.46. The van der Waals surface area contributed by atoms with Crippen molar-refractivity contribution in [1.29, 1.82) is 0 Å². The monoisotopic (exact) mass is 149 g/mol. The summed E-state index contributed by atoms with van der Waals surface area (Å²) in [5.74, 6) is 1.08. The van der Waals surface area contributed by atoms with Gasteiger partial charge < -0.3 is 5.11 Å². The fraction of sp³-hybridized carbons (Fsp3) is 0.444. The molecule has 0 radical (unpaired) electrons. The molecule has 2 rings (SSSR count). The summed E-state index contributed by atoms with van der Waals surface area (Å²) < 4.78 is 0. The Bertz CT molecular complexity index is 235. The summed E-state index contributed by atoms with van der Waals surface area (Å²) in [6.45, 7) is 0.319. The molecule has 1 heterocycles. The lowest BCUT2D eigenvalue weighted by molar-refractivity contribution is 0.274. The van der Waals surface area contributed by atoms with Gasteiger partial charge in [-0.2, -0.15) is 0 Å². The Morgan fingerprint density at radius 3 is 3.09 bits per heavy atom. The summed E-state index contributed by atoms with van der Waals surface area (Å²) in [5, 5.41) is 8.82. The second kappa shape index (κ2) is 2.62. The fourth-order valence-corrected chi connectivity index (χ4v) is 1.45. The van der Waals surface area contributed by atoms with Crippen molar-refractivity contribution in [3.63, 3.8) is 0 Å². The Hall–Kier alpha value is -0.890. The molecule has 0 unspecified atom stereocenters. The molecule has 2 atom stereocenters. The van der Waals surface area contributed by atoms with Crippen LogP contribution in [0.3, 0.4) is 0 Å². The van der Waals surface area contributed by atoms with E-state index in [4.69, 9.17) is 5.11 Å². The van der Waals surface area contributed by atoms with Crippen molar-refractivity contribution >= 4 is 0 Å². The molecule has 1 aromatic heterocycles. The van der Waals surface area contributed by atoms with Gasteiger partial charge in [0.25, 0.3) is 0 Å². The van der Waals surface area contributed by atoms with Crippen LogP contribution in [0.4, 0.5) is 0 Å². The van der Waals surface area contributed by atoms with Crippen LogP contribution in [0.2, 0.25) is 0 Å². The average Bonchev–Trinajstić information content (AvgIpc) is 2.85. The van der Waals surface area contributed by atoms with Crippen molar-refractivity contribution in [3.8, 4) is 0 Å². The Balaban J connectivity index is 2.09. The number of pyridine rings is 1. The predicted octanol–water partition coefficient (Wildman–Crippen LogP) is 1.18. The number of nitrogens with zero attached hydrogens (tertiary/aromatic N) is 1. The first-order valence-electron chi connectivity index (χ1n) is 3.92. The van der Waals surface area contributed by atoms with Crippen LogP contribution in [0.1, 0.15) is 17.9 Å². The molecule has 0 aromatic carbocycles. The third-order valence-corrected chi connectivity index (χ3v) is 2.27. The van der Waals surface area contributed by atoms with E-state index in [0.717, 1.165) is 6.42 Å². The van der Waals surface area contributed by atoms with Crippen LogP contribution >= 0.6 is 0 Å². The smallest absolute Gasteiger partial charge is 0.0465 e. The first kappa shape index (κ1) is 6.80. The number of hydrogen-bond acceptors (Lipinski definition) is 2. The van der Waals surface area contributed by atoms with E-state index in [0.29, 0.717) is 18.4 Å². The molecule has 2 heteroatoms. The van der Waals surface area contributed by atoms with Gasteiger partial charge in [-0.05, 0) is 29.9 Å². The van der Waals surface area contributed by atoms with E-state index in [1.165, 1.54) is 5.56 Å². The Morgan fingerprint density at radius 1 is 1.64 bits per heavy atom. The largest absolute Gasteiger partial charge is 0.396 e. The molecule has 1 N–H and O–H groups in total. The number of aromatic nitrogens is 1. The number of rotatable bonds is 2. The maximum atomic E-state index is 8.82. The molecule has 1 saturated carbocycles. The highest BCUT2D eigenvalue weighted by Gasteiger charge is 2.37. The predicted molar refractivity (Wildman–Crippen MR) is 42.2 cm³/mol. The second-order valence-corrected chi connectivity index (χ2v) is 3.07. The van der Waals surface area contributed by atoms with E-state index >= 15 is 0 Å². The average molecular weight is 149 g/mol. The molecule has 1 aliphatic rings. The Morgan fingerprint density at radius 2 is 2.55 bits per heavy atom. The van der Waals surface area contributed by atoms with Gasteiger partial charge in [0.1, 0.15) is 0 Å². The van der Waals surface area contributed by atoms with Crippen LogP contribution in [-0.2, 0) is 0 Å². The minimum Gasteiger partial charge on any atom is -0.396 e. The molecule has 0 aliphatic heterocycles. The topological polar surface area (TPSA) is 33.1 Å². The third kappa shape index (κ3) is 1.26. The highest BCUT2D eigenvalue weighted by atomic mass is 16.3. The second-order valence-electron chi connectivity index (χ2n) is 3.07. The lowest BCUT2D eigenvalue weighted by atomic mass is 10.1. The van der Waals surface area contributed by atoms with Crippen LogP contribution in [-0.4, -0.2) is 16.7 Å². The van der Waals surface area contributed by atoms with Crippen LogP contribution in [0, 0.1) is 5.92 Å². The van der Waals surface area contributed by atoms with Crippen molar-refractivity contribution < 1.29 is 5.11 Å². The van der Waals surface area contributed by atoms with Gasteiger partial charge in [0.05, 0.1) is 0 Å². The van der Waals surface area contributed by atoms with Crippen LogP contribution < -0.4 is 0 Å². The van der Waals surface area contributed by atoms with Gasteiger partial charge in [0.15, 0.2) is 0 Å². The van der Waals surface area contributed by atoms with Gasteiger partial charge in [-0.1, -0.05) is 6.07 Å². The molecular weight excluding hydrogens is 138 g/mol. The first-order valence-corrected chi connectivity index (χ1v) is 3.92. The van der Waals surface area contributed by atoms with Gasteiger partial charge >= 0.3 is 0 Å². The van der Waals surface area contributed by atoms with Crippen LogP contribution in [0.15, 0.2) is 24.5 Å². The maximum Gasteiger partial charge on any atom is 0.0465 e. The Labute approximate surface area is 65.9 Å². The first-order chi connectivity index (χ1) is 5.42. The molecule has 0 spiro atoms. The van der Waals surface area contributed by atoms with Crippen LogP contribution in [0.25, 0.3) is 0 Å². The normalized spacial score (nSPS) is 28.5. The lowest BCUT2D eigenvalue weighted by Gasteiger charge is -1.95. The standard InChI is InChI=1S/C9H11NO/c11-6-8-4-9(8)7-2-1-3-10-5-7/h1-3,5,8-9,11H,4,6H2/t8-,9+/m0/s1. The van der Waals surface area contributed by atoms with Gasteiger partial charge in [0.2, 0.25) is 0 Å². The van der Waals surface area contributed by atoms with E-state index in [2.05, 4.69) is 11.1 Å². The van der Waals surface area contributed by atoms with E-state index in [-0.39, 0.29) is 0 Å². The molecule has 11 heavy (non-hydrogen) atoms. The SMILES string of the molecule is OC[C@@H]1C[C@@H]1c1cccnc1. The summed E-state index contributed by atoms with van der Waals surface area (Å²) in [5.41, 5.74) is 1.27. The summed E-state index contributed by atoms with van der Waals surface area (Å²) in [6, 6.07) is 4.02.